The van der Waals surface area contributed by atoms with Crippen LogP contribution in [0.3, 0.4) is 0 Å². The highest BCUT2D eigenvalue weighted by atomic mass is 15.5. The number of benzene rings is 1. The number of hydrogen-bond acceptors (Lipinski definition) is 6. The summed E-state index contributed by atoms with van der Waals surface area (Å²) in [7, 11) is 0. The van der Waals surface area contributed by atoms with Crippen LogP contribution < -0.4 is 5.32 Å². The van der Waals surface area contributed by atoms with E-state index < -0.39 is 0 Å². The molecule has 26 heavy (non-hydrogen) atoms. The van der Waals surface area contributed by atoms with E-state index in [2.05, 4.69) is 50.0 Å². The molecule has 1 aromatic carbocycles. The zero-order chi connectivity index (χ0) is 17.9. The fourth-order valence-corrected chi connectivity index (χ4v) is 2.75. The lowest BCUT2D eigenvalue weighted by molar-refractivity contribution is 0.787. The van der Waals surface area contributed by atoms with Crippen molar-refractivity contribution in [3.8, 4) is 11.4 Å². The molecule has 3 aromatic heterocycles. The molecule has 0 bridgehead atoms. The minimum Gasteiger partial charge on any atom is -0.376 e. The van der Waals surface area contributed by atoms with Gasteiger partial charge in [-0.05, 0) is 53.6 Å². The lowest BCUT2D eigenvalue weighted by Gasteiger charge is -2.18. The third kappa shape index (κ3) is 3.16. The second kappa shape index (κ2) is 6.75. The first-order valence-corrected chi connectivity index (χ1v) is 8.26. The molecule has 1 atom stereocenters. The van der Waals surface area contributed by atoms with Crippen LogP contribution in [0.2, 0.25) is 0 Å². The maximum atomic E-state index is 4.39. The molecular weight excluding hydrogens is 328 g/mol. The Balaban J connectivity index is 1.56. The van der Waals surface area contributed by atoms with Gasteiger partial charge < -0.3 is 5.32 Å². The molecule has 1 unspecified atom stereocenters. The Morgan fingerprint density at radius 1 is 1.04 bits per heavy atom. The first-order valence-electron chi connectivity index (χ1n) is 8.26. The van der Waals surface area contributed by atoms with Gasteiger partial charge in [-0.25, -0.2) is 9.36 Å². The summed E-state index contributed by atoms with van der Waals surface area (Å²) in [5.74, 6) is 0. The zero-order valence-corrected chi connectivity index (χ0v) is 14.5. The van der Waals surface area contributed by atoms with Crippen LogP contribution in [-0.2, 0) is 0 Å². The molecule has 4 rings (SSSR count). The van der Waals surface area contributed by atoms with E-state index in [-0.39, 0.29) is 6.04 Å². The van der Waals surface area contributed by atoms with Crippen molar-refractivity contribution in [3.63, 3.8) is 0 Å². The van der Waals surface area contributed by atoms with E-state index in [4.69, 9.17) is 0 Å². The van der Waals surface area contributed by atoms with Gasteiger partial charge in [0.05, 0.1) is 29.5 Å². The molecule has 0 aliphatic rings. The predicted octanol–water partition coefficient (Wildman–Crippen LogP) is 2.72. The van der Waals surface area contributed by atoms with Gasteiger partial charge in [0.15, 0.2) is 0 Å². The van der Waals surface area contributed by atoms with Gasteiger partial charge in [0.1, 0.15) is 6.33 Å². The highest BCUT2D eigenvalue weighted by molar-refractivity contribution is 5.60. The molecule has 0 saturated carbocycles. The summed E-state index contributed by atoms with van der Waals surface area (Å²) in [4.78, 5) is 4.24. The molecule has 130 valence electrons. The number of rotatable bonds is 5. The number of tetrazole rings is 1. The summed E-state index contributed by atoms with van der Waals surface area (Å²) < 4.78 is 3.48. The van der Waals surface area contributed by atoms with Gasteiger partial charge in [0, 0.05) is 18.4 Å². The second-order valence-electron chi connectivity index (χ2n) is 6.07. The van der Waals surface area contributed by atoms with Crippen LogP contribution in [-0.4, -0.2) is 35.0 Å². The summed E-state index contributed by atoms with van der Waals surface area (Å²) in [6.45, 7) is 4.13. The smallest absolute Gasteiger partial charge is 0.143 e. The van der Waals surface area contributed by atoms with Gasteiger partial charge in [-0.15, -0.1) is 5.10 Å². The van der Waals surface area contributed by atoms with Gasteiger partial charge in [-0.3, -0.25) is 4.98 Å². The second-order valence-corrected chi connectivity index (χ2v) is 6.07. The average Bonchev–Trinajstić information content (AvgIpc) is 3.34. The third-order valence-electron chi connectivity index (χ3n) is 4.14. The summed E-state index contributed by atoms with van der Waals surface area (Å²) in [5, 5.41) is 19.1. The van der Waals surface area contributed by atoms with Gasteiger partial charge in [-0.1, -0.05) is 12.1 Å². The van der Waals surface area contributed by atoms with Crippen LogP contribution >= 0.6 is 0 Å². The fourth-order valence-electron chi connectivity index (χ4n) is 2.75. The van der Waals surface area contributed by atoms with Gasteiger partial charge in [-0.2, -0.15) is 5.10 Å². The molecule has 0 aliphatic heterocycles. The lowest BCUT2D eigenvalue weighted by Crippen LogP contribution is -2.10. The quantitative estimate of drug-likeness (QED) is 0.598. The lowest BCUT2D eigenvalue weighted by atomic mass is 10.1. The van der Waals surface area contributed by atoms with E-state index in [1.54, 1.807) is 17.2 Å². The molecule has 8 nitrogen and oxygen atoms in total. The maximum Gasteiger partial charge on any atom is 0.143 e. The van der Waals surface area contributed by atoms with Crippen LogP contribution in [0.1, 0.15) is 24.1 Å². The van der Waals surface area contributed by atoms with Crippen molar-refractivity contribution in [2.45, 2.75) is 19.9 Å². The Morgan fingerprint density at radius 2 is 1.88 bits per heavy atom. The largest absolute Gasteiger partial charge is 0.376 e. The van der Waals surface area contributed by atoms with Crippen molar-refractivity contribution < 1.29 is 0 Å². The number of aryl methyl sites for hydroxylation is 1. The van der Waals surface area contributed by atoms with Crippen LogP contribution in [0.25, 0.3) is 11.4 Å². The van der Waals surface area contributed by atoms with Crippen LogP contribution in [0.4, 0.5) is 5.69 Å². The minimum absolute atomic E-state index is 0.0949. The standard InChI is InChI=1S/C18H18N8/c1-13-9-21-25(11-13)18-7-8-19-10-17(18)22-14(2)15-3-5-16(6-4-15)26-12-20-23-24-26/h3-12,14,22H,1-2H3. The molecule has 8 heteroatoms. The molecule has 0 saturated heterocycles. The molecule has 1 N–H and O–H groups in total. The normalized spacial score (nSPS) is 12.1. The highest BCUT2D eigenvalue weighted by Crippen LogP contribution is 2.24. The first kappa shape index (κ1) is 15.9. The molecule has 0 fully saturated rings. The average molecular weight is 346 g/mol. The topological polar surface area (TPSA) is 86.3 Å². The number of pyridine rings is 1. The van der Waals surface area contributed by atoms with Crippen LogP contribution in [0.15, 0.2) is 61.4 Å². The van der Waals surface area contributed by atoms with E-state index in [1.165, 1.54) is 0 Å². The highest BCUT2D eigenvalue weighted by Gasteiger charge is 2.11. The Morgan fingerprint density at radius 3 is 2.58 bits per heavy atom. The molecule has 0 radical (unpaired) electrons. The molecule has 0 aliphatic carbocycles. The summed E-state index contributed by atoms with van der Waals surface area (Å²) in [6.07, 6.45) is 8.99. The third-order valence-corrected chi connectivity index (χ3v) is 4.14. The van der Waals surface area contributed by atoms with Crippen LogP contribution in [0, 0.1) is 6.92 Å². The summed E-state index contributed by atoms with van der Waals surface area (Å²) in [5.41, 5.74) is 5.06. The fraction of sp³-hybridized carbons (Fsp3) is 0.167. The Hall–Kier alpha value is -3.55. The van der Waals surface area contributed by atoms with E-state index in [9.17, 15) is 0 Å². The molecular formula is C18H18N8. The number of aromatic nitrogens is 7. The van der Waals surface area contributed by atoms with Gasteiger partial charge in [0.25, 0.3) is 0 Å². The van der Waals surface area contributed by atoms with E-state index >= 15 is 0 Å². The van der Waals surface area contributed by atoms with Crippen molar-refractivity contribution in [1.29, 1.82) is 0 Å². The van der Waals surface area contributed by atoms with Crippen molar-refractivity contribution in [2.75, 3.05) is 5.32 Å². The number of nitrogens with zero attached hydrogens (tertiary/aromatic N) is 7. The minimum atomic E-state index is 0.0949. The molecule has 0 amide bonds. The number of nitrogens with one attached hydrogen (secondary N) is 1. The Kier molecular flexibility index (Phi) is 4.14. The zero-order valence-electron chi connectivity index (χ0n) is 14.5. The molecule has 3 heterocycles. The molecule has 4 aromatic rings. The summed E-state index contributed by atoms with van der Waals surface area (Å²) in [6, 6.07) is 10.1. The number of hydrogen-bond donors (Lipinski definition) is 1. The SMILES string of the molecule is Cc1cnn(-c2ccncc2NC(C)c2ccc(-n3cnnn3)cc2)c1. The van der Waals surface area contributed by atoms with Crippen LogP contribution in [0.5, 0.6) is 0 Å². The van der Waals surface area contributed by atoms with Crippen molar-refractivity contribution in [1.82, 2.24) is 35.0 Å². The van der Waals surface area contributed by atoms with Gasteiger partial charge in [0.2, 0.25) is 0 Å². The van der Waals surface area contributed by atoms with Crippen molar-refractivity contribution in [2.24, 2.45) is 0 Å². The van der Waals surface area contributed by atoms with E-state index in [0.717, 1.165) is 28.2 Å². The van der Waals surface area contributed by atoms with Gasteiger partial charge >= 0.3 is 0 Å². The van der Waals surface area contributed by atoms with E-state index in [1.807, 2.05) is 48.4 Å². The van der Waals surface area contributed by atoms with E-state index in [0.29, 0.717) is 0 Å². The first-order chi connectivity index (χ1) is 12.7. The predicted molar refractivity (Wildman–Crippen MR) is 97.3 cm³/mol. The Bertz CT molecular complexity index is 988. The monoisotopic (exact) mass is 346 g/mol. The molecule has 0 spiro atoms. The summed E-state index contributed by atoms with van der Waals surface area (Å²) >= 11 is 0. The van der Waals surface area contributed by atoms with Crippen molar-refractivity contribution in [3.05, 3.63) is 72.6 Å². The van der Waals surface area contributed by atoms with Crippen molar-refractivity contribution >= 4 is 5.69 Å². The Labute approximate surface area is 150 Å². The maximum absolute atomic E-state index is 4.39. The number of anilines is 1.